The van der Waals surface area contributed by atoms with Crippen LogP contribution in [0.15, 0.2) is 0 Å². The van der Waals surface area contributed by atoms with Crippen LogP contribution in [0.3, 0.4) is 0 Å². The van der Waals surface area contributed by atoms with E-state index in [0.717, 1.165) is 4.90 Å². The van der Waals surface area contributed by atoms with E-state index in [1.54, 1.807) is 6.92 Å². The maximum Gasteiger partial charge on any atom is 0.325 e. The van der Waals surface area contributed by atoms with Gasteiger partial charge in [0, 0.05) is 6.04 Å². The second kappa shape index (κ2) is 2.70. The topological polar surface area (TPSA) is 49.4 Å². The molecule has 5 heteroatoms. The largest absolute Gasteiger partial charge is 0.333 e. The molecule has 1 N–H and O–H groups in total. The van der Waals surface area contributed by atoms with Crippen molar-refractivity contribution in [2.24, 2.45) is 0 Å². The van der Waals surface area contributed by atoms with E-state index in [-0.39, 0.29) is 12.1 Å². The minimum absolute atomic E-state index is 0.0230. The summed E-state index contributed by atoms with van der Waals surface area (Å²) in [7, 11) is 0. The molecule has 62 valence electrons. The Bertz CT molecular complexity index is 207. The fourth-order valence-corrected chi connectivity index (χ4v) is 1.26. The van der Waals surface area contributed by atoms with E-state index >= 15 is 0 Å². The van der Waals surface area contributed by atoms with Gasteiger partial charge in [-0.2, -0.15) is 0 Å². The number of carbonyl (C=O) groups excluding carboxylic acids is 2. The molecule has 1 fully saturated rings. The van der Waals surface area contributed by atoms with Gasteiger partial charge in [-0.05, 0) is 25.4 Å². The van der Waals surface area contributed by atoms with E-state index in [1.807, 2.05) is 6.92 Å². The van der Waals surface area contributed by atoms with E-state index < -0.39 is 11.4 Å². The molecular formula is C6H9ClN2O2. The molecule has 0 spiro atoms. The van der Waals surface area contributed by atoms with Gasteiger partial charge >= 0.3 is 11.4 Å². The maximum absolute atomic E-state index is 10.9. The molecule has 0 radical (unpaired) electrons. The molecule has 0 bridgehead atoms. The Labute approximate surface area is 69.5 Å². The molecule has 1 aliphatic rings. The van der Waals surface area contributed by atoms with Gasteiger partial charge in [-0.1, -0.05) is 0 Å². The third-order valence-electron chi connectivity index (χ3n) is 1.89. The molecule has 0 saturated carbocycles. The van der Waals surface area contributed by atoms with Crippen LogP contribution in [-0.2, 0) is 0 Å². The zero-order valence-electron chi connectivity index (χ0n) is 6.30. The van der Waals surface area contributed by atoms with E-state index in [0.29, 0.717) is 0 Å². The molecule has 3 amide bonds. The van der Waals surface area contributed by atoms with E-state index in [1.165, 1.54) is 0 Å². The van der Waals surface area contributed by atoms with Crippen molar-refractivity contribution in [2.45, 2.75) is 25.9 Å². The van der Waals surface area contributed by atoms with Gasteiger partial charge in [0.25, 0.3) is 0 Å². The van der Waals surface area contributed by atoms with Gasteiger partial charge in [-0.25, -0.2) is 9.69 Å². The lowest BCUT2D eigenvalue weighted by molar-refractivity contribution is 0.204. The Morgan fingerprint density at radius 1 is 1.64 bits per heavy atom. The number of nitrogens with zero attached hydrogens (tertiary/aromatic N) is 1. The standard InChI is InChI=1S/C6H9ClN2O2/c1-3-4(2)9(5(7)10)6(11)8-3/h3-4H,1-2H3,(H,8,11)/t3-,4+/m0/s1. The van der Waals surface area contributed by atoms with Crippen LogP contribution in [0.1, 0.15) is 13.8 Å². The van der Waals surface area contributed by atoms with Crippen molar-refractivity contribution >= 4 is 23.0 Å². The SMILES string of the molecule is C[C@@H]1NC(=O)N(C(=O)Cl)[C@@H]1C. The summed E-state index contributed by atoms with van der Waals surface area (Å²) in [5.41, 5.74) is 0. The Morgan fingerprint density at radius 3 is 2.36 bits per heavy atom. The number of nitrogens with one attached hydrogen (secondary N) is 1. The first-order valence-electron chi connectivity index (χ1n) is 3.33. The van der Waals surface area contributed by atoms with Crippen LogP contribution < -0.4 is 5.32 Å². The summed E-state index contributed by atoms with van der Waals surface area (Å²) < 4.78 is 0. The predicted octanol–water partition coefficient (Wildman–Crippen LogP) is 1.15. The minimum atomic E-state index is -0.723. The first-order chi connectivity index (χ1) is 5.04. The number of rotatable bonds is 0. The summed E-state index contributed by atoms with van der Waals surface area (Å²) in [5.74, 6) is 0. The summed E-state index contributed by atoms with van der Waals surface area (Å²) in [6, 6.07) is -0.595. The molecule has 0 unspecified atom stereocenters. The first-order valence-corrected chi connectivity index (χ1v) is 3.71. The second-order valence-corrected chi connectivity index (χ2v) is 2.93. The van der Waals surface area contributed by atoms with Crippen LogP contribution in [0.5, 0.6) is 0 Å². The molecule has 0 aromatic heterocycles. The zero-order valence-corrected chi connectivity index (χ0v) is 7.05. The fraction of sp³-hybridized carbons (Fsp3) is 0.667. The van der Waals surface area contributed by atoms with Gasteiger partial charge in [0.2, 0.25) is 0 Å². The first kappa shape index (κ1) is 8.33. The van der Waals surface area contributed by atoms with Gasteiger partial charge in [-0.15, -0.1) is 0 Å². The normalized spacial score (nSPS) is 30.5. The van der Waals surface area contributed by atoms with E-state index in [4.69, 9.17) is 11.6 Å². The Kier molecular flexibility index (Phi) is 2.04. The van der Waals surface area contributed by atoms with Crippen LogP contribution in [0.25, 0.3) is 0 Å². The highest BCUT2D eigenvalue weighted by atomic mass is 35.5. The molecule has 1 saturated heterocycles. The highest BCUT2D eigenvalue weighted by Crippen LogP contribution is 2.14. The van der Waals surface area contributed by atoms with Crippen molar-refractivity contribution in [2.75, 3.05) is 0 Å². The van der Waals surface area contributed by atoms with Crippen molar-refractivity contribution in [1.82, 2.24) is 10.2 Å². The van der Waals surface area contributed by atoms with Crippen molar-refractivity contribution in [3.8, 4) is 0 Å². The predicted molar refractivity (Wildman–Crippen MR) is 40.5 cm³/mol. The highest BCUT2D eigenvalue weighted by Gasteiger charge is 2.36. The quantitative estimate of drug-likeness (QED) is 0.445. The Morgan fingerprint density at radius 2 is 2.18 bits per heavy atom. The van der Waals surface area contributed by atoms with Crippen LogP contribution >= 0.6 is 11.6 Å². The lowest BCUT2D eigenvalue weighted by atomic mass is 10.2. The van der Waals surface area contributed by atoms with Gasteiger partial charge in [0.1, 0.15) is 0 Å². The molecule has 0 aliphatic carbocycles. The molecule has 0 aromatic carbocycles. The van der Waals surface area contributed by atoms with Gasteiger partial charge < -0.3 is 5.32 Å². The van der Waals surface area contributed by atoms with Gasteiger partial charge in [0.05, 0.1) is 6.04 Å². The molecule has 0 aromatic rings. The smallest absolute Gasteiger partial charge is 0.325 e. The van der Waals surface area contributed by atoms with Crippen LogP contribution in [0.4, 0.5) is 9.59 Å². The van der Waals surface area contributed by atoms with Crippen molar-refractivity contribution < 1.29 is 9.59 Å². The Balaban J connectivity index is 2.79. The molecule has 2 atom stereocenters. The Hall–Kier alpha value is -0.770. The number of hydrogen-bond acceptors (Lipinski definition) is 2. The zero-order chi connectivity index (χ0) is 8.59. The average Bonchev–Trinajstić information content (AvgIpc) is 2.07. The van der Waals surface area contributed by atoms with E-state index in [9.17, 15) is 9.59 Å². The summed E-state index contributed by atoms with van der Waals surface area (Å²) in [6.45, 7) is 3.59. The number of halogens is 1. The molecule has 1 aliphatic heterocycles. The summed E-state index contributed by atoms with van der Waals surface area (Å²) in [5, 5.41) is 1.86. The molecule has 11 heavy (non-hydrogen) atoms. The van der Waals surface area contributed by atoms with Gasteiger partial charge in [0.15, 0.2) is 0 Å². The van der Waals surface area contributed by atoms with Crippen molar-refractivity contribution in [1.29, 1.82) is 0 Å². The second-order valence-electron chi connectivity index (χ2n) is 2.60. The lowest BCUT2D eigenvalue weighted by Crippen LogP contribution is -2.35. The summed E-state index contributed by atoms with van der Waals surface area (Å²) in [6.07, 6.45) is 0. The summed E-state index contributed by atoms with van der Waals surface area (Å²) >= 11 is 5.17. The van der Waals surface area contributed by atoms with Gasteiger partial charge in [-0.3, -0.25) is 4.79 Å². The highest BCUT2D eigenvalue weighted by molar-refractivity contribution is 6.64. The molecule has 1 heterocycles. The monoisotopic (exact) mass is 176 g/mol. The minimum Gasteiger partial charge on any atom is -0.333 e. The van der Waals surface area contributed by atoms with Crippen LogP contribution in [0.2, 0.25) is 0 Å². The van der Waals surface area contributed by atoms with Crippen molar-refractivity contribution in [3.63, 3.8) is 0 Å². The van der Waals surface area contributed by atoms with Crippen molar-refractivity contribution in [3.05, 3.63) is 0 Å². The number of hydrogen-bond donors (Lipinski definition) is 1. The summed E-state index contributed by atoms with van der Waals surface area (Å²) in [4.78, 5) is 22.6. The van der Waals surface area contributed by atoms with E-state index in [2.05, 4.69) is 5.32 Å². The fourth-order valence-electron chi connectivity index (χ4n) is 1.03. The molecule has 1 rings (SSSR count). The number of carbonyl (C=O) groups is 2. The third kappa shape index (κ3) is 1.30. The third-order valence-corrected chi connectivity index (χ3v) is 2.07. The average molecular weight is 177 g/mol. The number of imide groups is 1. The lowest BCUT2D eigenvalue weighted by Gasteiger charge is -2.15. The van der Waals surface area contributed by atoms with Crippen LogP contribution in [0, 0.1) is 0 Å². The van der Waals surface area contributed by atoms with Crippen LogP contribution in [-0.4, -0.2) is 28.4 Å². The number of amides is 3. The number of urea groups is 1. The molecular weight excluding hydrogens is 168 g/mol. The maximum atomic E-state index is 10.9. The molecule has 4 nitrogen and oxygen atoms in total.